The number of aliphatic hydroxyl groups excluding tert-OH is 6. The van der Waals surface area contributed by atoms with Gasteiger partial charge in [0.15, 0.2) is 12.6 Å². The summed E-state index contributed by atoms with van der Waals surface area (Å²) in [6.07, 6.45) is -10.1. The number of rotatable bonds is 14. The summed E-state index contributed by atoms with van der Waals surface area (Å²) in [6.45, 7) is 4.51. The third kappa shape index (κ3) is 9.83. The van der Waals surface area contributed by atoms with Crippen LogP contribution in [0, 0.1) is 5.92 Å². The van der Waals surface area contributed by atoms with Crippen molar-refractivity contribution in [2.24, 2.45) is 5.92 Å². The first-order valence-corrected chi connectivity index (χ1v) is 13.1. The van der Waals surface area contributed by atoms with Crippen molar-refractivity contribution in [2.45, 2.75) is 114 Å². The van der Waals surface area contributed by atoms with Crippen molar-refractivity contribution in [1.82, 2.24) is 0 Å². The molecule has 0 aromatic carbocycles. The van der Waals surface area contributed by atoms with Gasteiger partial charge in [-0.05, 0) is 32.6 Å². The summed E-state index contributed by atoms with van der Waals surface area (Å²) >= 11 is 0. The number of hydrogen-bond donors (Lipinski definition) is 8. The van der Waals surface area contributed by atoms with Crippen molar-refractivity contribution in [3.63, 3.8) is 0 Å². The molecule has 8 N–H and O–H groups in total. The smallest absolute Gasteiger partial charge is 0.307 e. The molecule has 230 valence electrons. The number of ether oxygens (including phenoxy) is 4. The molecule has 40 heavy (non-hydrogen) atoms. The Kier molecular flexibility index (Phi) is 13.6. The van der Waals surface area contributed by atoms with Gasteiger partial charge in [-0.2, -0.15) is 0 Å². The van der Waals surface area contributed by atoms with Gasteiger partial charge in [0.1, 0.15) is 42.7 Å². The molecule has 0 aliphatic carbocycles. The predicted octanol–water partition coefficient (Wildman–Crippen LogP) is -1.11. The Bertz CT molecular complexity index is 877. The second-order valence-corrected chi connectivity index (χ2v) is 10.3. The van der Waals surface area contributed by atoms with Crippen LogP contribution in [0.4, 0.5) is 0 Å². The fourth-order valence-corrected chi connectivity index (χ4v) is 4.31. The van der Waals surface area contributed by atoms with E-state index in [1.165, 1.54) is 6.92 Å². The Hall–Kier alpha value is -1.98. The van der Waals surface area contributed by atoms with Crippen LogP contribution < -0.4 is 0 Å². The van der Waals surface area contributed by atoms with Crippen molar-refractivity contribution >= 4 is 11.9 Å². The minimum absolute atomic E-state index is 0.0840. The molecule has 0 aromatic rings. The lowest BCUT2D eigenvalue weighted by Gasteiger charge is -2.43. The number of carbonyl (C=O) groups is 2. The highest BCUT2D eigenvalue weighted by molar-refractivity contribution is 5.68. The first-order valence-electron chi connectivity index (χ1n) is 13.1. The Balaban J connectivity index is 2.02. The highest BCUT2D eigenvalue weighted by Crippen LogP contribution is 2.28. The summed E-state index contributed by atoms with van der Waals surface area (Å²) in [5, 5.41) is 79.3. The maximum atomic E-state index is 11.5. The third-order valence-corrected chi connectivity index (χ3v) is 6.96. The van der Waals surface area contributed by atoms with Gasteiger partial charge in [0.05, 0.1) is 31.7 Å². The van der Waals surface area contributed by atoms with Crippen LogP contribution in [0.2, 0.25) is 0 Å². The SMILES string of the molecule is C/C(=C\CC(=O)O)C/C=C/CC(C)C(CC(=O)O)O[C@@H]1O[C@H](CO[C@@H]2O[C@@H](C)[C@H](O)[C@@H](O)[C@H]2O)[C@@H](O)[C@H](O)[C@H]1O. The van der Waals surface area contributed by atoms with E-state index in [1.807, 2.05) is 6.08 Å². The van der Waals surface area contributed by atoms with Gasteiger partial charge >= 0.3 is 11.9 Å². The first kappa shape index (κ1) is 34.2. The van der Waals surface area contributed by atoms with E-state index < -0.39 is 92.5 Å². The lowest BCUT2D eigenvalue weighted by molar-refractivity contribution is -0.335. The van der Waals surface area contributed by atoms with E-state index >= 15 is 0 Å². The molecule has 14 nitrogen and oxygen atoms in total. The van der Waals surface area contributed by atoms with Gasteiger partial charge in [-0.3, -0.25) is 9.59 Å². The number of carboxylic acids is 2. The maximum Gasteiger partial charge on any atom is 0.307 e. The molecule has 2 heterocycles. The van der Waals surface area contributed by atoms with Crippen molar-refractivity contribution in [1.29, 1.82) is 0 Å². The summed E-state index contributed by atoms with van der Waals surface area (Å²) in [6, 6.07) is 0. The molecule has 0 aromatic heterocycles. The molecule has 0 spiro atoms. The molecule has 0 saturated carbocycles. The van der Waals surface area contributed by atoms with Crippen LogP contribution in [0.1, 0.15) is 46.5 Å². The molecule has 2 fully saturated rings. The zero-order chi connectivity index (χ0) is 30.1. The van der Waals surface area contributed by atoms with Crippen molar-refractivity contribution < 1.29 is 69.4 Å². The van der Waals surface area contributed by atoms with Crippen LogP contribution in [-0.2, 0) is 28.5 Å². The number of hydrogen-bond acceptors (Lipinski definition) is 12. The Morgan fingerprint density at radius 2 is 1.45 bits per heavy atom. The number of aliphatic carboxylic acids is 2. The number of allylic oxidation sites excluding steroid dienone is 3. The van der Waals surface area contributed by atoms with Gasteiger partial charge in [0, 0.05) is 0 Å². The van der Waals surface area contributed by atoms with Crippen LogP contribution in [-0.4, -0.2) is 127 Å². The van der Waals surface area contributed by atoms with Gasteiger partial charge in [0.25, 0.3) is 0 Å². The van der Waals surface area contributed by atoms with Gasteiger partial charge in [-0.1, -0.05) is 30.7 Å². The first-order chi connectivity index (χ1) is 18.7. The maximum absolute atomic E-state index is 11.5. The number of aliphatic hydroxyl groups is 6. The monoisotopic (exact) mass is 578 g/mol. The molecule has 0 radical (unpaired) electrons. The normalized spacial score (nSPS) is 36.9. The molecule has 2 aliphatic rings. The minimum Gasteiger partial charge on any atom is -0.481 e. The number of carboxylic acid groups (broad SMARTS) is 2. The summed E-state index contributed by atoms with van der Waals surface area (Å²) in [5.74, 6) is -2.49. The predicted molar refractivity (Wildman–Crippen MR) is 136 cm³/mol. The molecule has 0 amide bonds. The summed E-state index contributed by atoms with van der Waals surface area (Å²) in [5.41, 5.74) is 0.857. The van der Waals surface area contributed by atoms with Crippen molar-refractivity contribution in [2.75, 3.05) is 6.61 Å². The van der Waals surface area contributed by atoms with E-state index in [0.717, 1.165) is 5.57 Å². The summed E-state index contributed by atoms with van der Waals surface area (Å²) in [7, 11) is 0. The Morgan fingerprint density at radius 3 is 2.08 bits per heavy atom. The van der Waals surface area contributed by atoms with E-state index in [1.54, 1.807) is 26.0 Å². The van der Waals surface area contributed by atoms with E-state index in [-0.39, 0.29) is 12.3 Å². The summed E-state index contributed by atoms with van der Waals surface area (Å²) in [4.78, 5) is 22.2. The van der Waals surface area contributed by atoms with Crippen LogP contribution in [0.3, 0.4) is 0 Å². The van der Waals surface area contributed by atoms with Crippen LogP contribution >= 0.6 is 0 Å². The van der Waals surface area contributed by atoms with Gasteiger partial charge in [0.2, 0.25) is 0 Å². The minimum atomic E-state index is -1.74. The van der Waals surface area contributed by atoms with E-state index in [2.05, 4.69) is 0 Å². The molecular formula is C26H42O14. The molecule has 14 heteroatoms. The molecule has 2 aliphatic heterocycles. The fraction of sp³-hybridized carbons (Fsp3) is 0.769. The largest absolute Gasteiger partial charge is 0.481 e. The average Bonchev–Trinajstić information content (AvgIpc) is 2.89. The van der Waals surface area contributed by atoms with Crippen LogP contribution in [0.5, 0.6) is 0 Å². The molecular weight excluding hydrogens is 536 g/mol. The van der Waals surface area contributed by atoms with Crippen molar-refractivity contribution in [3.8, 4) is 0 Å². The van der Waals surface area contributed by atoms with E-state index in [0.29, 0.717) is 12.8 Å². The highest BCUT2D eigenvalue weighted by atomic mass is 16.7. The topological polar surface area (TPSA) is 233 Å². The zero-order valence-corrected chi connectivity index (χ0v) is 22.7. The molecule has 2 saturated heterocycles. The van der Waals surface area contributed by atoms with Gasteiger partial charge in [-0.15, -0.1) is 0 Å². The Labute approximate surface area is 232 Å². The average molecular weight is 579 g/mol. The van der Waals surface area contributed by atoms with Gasteiger partial charge < -0.3 is 59.8 Å². The lowest BCUT2D eigenvalue weighted by atomic mass is 9.96. The molecule has 12 atom stereocenters. The van der Waals surface area contributed by atoms with E-state index in [4.69, 9.17) is 24.1 Å². The fourth-order valence-electron chi connectivity index (χ4n) is 4.31. The Morgan fingerprint density at radius 1 is 0.825 bits per heavy atom. The molecule has 2 unspecified atom stereocenters. The standard InChI is InChI=1S/C26H42O14/c1-12(8-9-17(27)28)6-4-5-7-13(2)15(10-18(29)30)39-26-24(36)22(34)20(32)16(40-26)11-37-25-23(35)21(33)19(31)14(3)38-25/h4-5,8,13-16,19-26,31-36H,6-7,9-11H2,1-3H3,(H,27,28)(H,29,30)/b5-4+,12-8+/t13?,14-,15?,16+,19-,20+,21+,22-,23+,24+,25+,26+/m0/s1. The van der Waals surface area contributed by atoms with Crippen molar-refractivity contribution in [3.05, 3.63) is 23.8 Å². The summed E-state index contributed by atoms with van der Waals surface area (Å²) < 4.78 is 22.2. The van der Waals surface area contributed by atoms with Crippen LogP contribution in [0.25, 0.3) is 0 Å². The molecule has 0 bridgehead atoms. The quantitative estimate of drug-likeness (QED) is 0.114. The second kappa shape index (κ2) is 15.9. The highest BCUT2D eigenvalue weighted by Gasteiger charge is 2.47. The van der Waals surface area contributed by atoms with E-state index in [9.17, 15) is 45.3 Å². The lowest BCUT2D eigenvalue weighted by Crippen LogP contribution is -2.61. The molecule has 2 rings (SSSR count). The van der Waals surface area contributed by atoms with Gasteiger partial charge in [-0.25, -0.2) is 0 Å². The third-order valence-electron chi connectivity index (χ3n) is 6.96. The van der Waals surface area contributed by atoms with Crippen LogP contribution in [0.15, 0.2) is 23.8 Å². The second-order valence-electron chi connectivity index (χ2n) is 10.3. The zero-order valence-electron chi connectivity index (χ0n) is 22.7.